The lowest BCUT2D eigenvalue weighted by atomic mass is 10.1. The topological polar surface area (TPSA) is 46.5 Å². The molecule has 1 rings (SSSR count). The van der Waals surface area contributed by atoms with Crippen LogP contribution in [0.4, 0.5) is 0 Å². The zero-order chi connectivity index (χ0) is 11.3. The molecule has 0 aliphatic rings. The van der Waals surface area contributed by atoms with Crippen molar-refractivity contribution in [3.05, 3.63) is 42.2 Å². The van der Waals surface area contributed by atoms with Crippen LogP contribution >= 0.6 is 0 Å². The first kappa shape index (κ1) is 11.3. The SMILES string of the molecule is CC(C)C(=COc1ccccc1)C(=O)O. The number of hydrogen-bond donors (Lipinski definition) is 1. The third-order valence-electron chi connectivity index (χ3n) is 1.93. The van der Waals surface area contributed by atoms with Gasteiger partial charge in [0, 0.05) is 0 Å². The molecule has 1 aromatic carbocycles. The summed E-state index contributed by atoms with van der Waals surface area (Å²) in [6.07, 6.45) is 1.29. The third-order valence-corrected chi connectivity index (χ3v) is 1.93. The van der Waals surface area contributed by atoms with E-state index in [4.69, 9.17) is 9.84 Å². The van der Waals surface area contributed by atoms with Crippen LogP contribution < -0.4 is 4.74 Å². The molecule has 3 nitrogen and oxygen atoms in total. The van der Waals surface area contributed by atoms with E-state index in [1.54, 1.807) is 12.1 Å². The highest BCUT2D eigenvalue weighted by Crippen LogP contribution is 2.13. The van der Waals surface area contributed by atoms with E-state index in [-0.39, 0.29) is 11.5 Å². The molecule has 1 aromatic rings. The molecule has 0 heterocycles. The summed E-state index contributed by atoms with van der Waals surface area (Å²) in [5, 5.41) is 8.87. The highest BCUT2D eigenvalue weighted by atomic mass is 16.5. The van der Waals surface area contributed by atoms with Gasteiger partial charge in [0.2, 0.25) is 0 Å². The maximum Gasteiger partial charge on any atom is 0.334 e. The van der Waals surface area contributed by atoms with Crippen molar-refractivity contribution in [2.45, 2.75) is 13.8 Å². The second-order valence-corrected chi connectivity index (χ2v) is 3.46. The maximum atomic E-state index is 10.8. The number of carbonyl (C=O) groups is 1. The highest BCUT2D eigenvalue weighted by molar-refractivity contribution is 5.86. The van der Waals surface area contributed by atoms with Gasteiger partial charge in [0.15, 0.2) is 0 Å². The minimum absolute atomic E-state index is 0.0637. The van der Waals surface area contributed by atoms with Crippen molar-refractivity contribution in [3.63, 3.8) is 0 Å². The fraction of sp³-hybridized carbons (Fsp3) is 0.250. The van der Waals surface area contributed by atoms with E-state index in [0.717, 1.165) is 0 Å². The highest BCUT2D eigenvalue weighted by Gasteiger charge is 2.11. The second kappa shape index (κ2) is 5.20. The first-order valence-corrected chi connectivity index (χ1v) is 4.76. The van der Waals surface area contributed by atoms with Crippen LogP contribution in [0.25, 0.3) is 0 Å². The van der Waals surface area contributed by atoms with Crippen LogP contribution in [0, 0.1) is 5.92 Å². The molecule has 0 radical (unpaired) electrons. The van der Waals surface area contributed by atoms with E-state index in [0.29, 0.717) is 5.75 Å². The quantitative estimate of drug-likeness (QED) is 0.608. The molecule has 0 aliphatic heterocycles. The van der Waals surface area contributed by atoms with Crippen molar-refractivity contribution in [1.29, 1.82) is 0 Å². The summed E-state index contributed by atoms with van der Waals surface area (Å²) < 4.78 is 5.25. The van der Waals surface area contributed by atoms with Crippen LogP contribution in [0.15, 0.2) is 42.2 Å². The number of carboxylic acid groups (broad SMARTS) is 1. The van der Waals surface area contributed by atoms with Gasteiger partial charge in [-0.15, -0.1) is 0 Å². The van der Waals surface area contributed by atoms with Gasteiger partial charge in [0.05, 0.1) is 5.57 Å². The van der Waals surface area contributed by atoms with Crippen LogP contribution in [0.3, 0.4) is 0 Å². The maximum absolute atomic E-state index is 10.8. The molecule has 0 spiro atoms. The lowest BCUT2D eigenvalue weighted by Crippen LogP contribution is -2.08. The Balaban J connectivity index is 2.75. The zero-order valence-electron chi connectivity index (χ0n) is 8.81. The standard InChI is InChI=1S/C12H14O3/c1-9(2)11(12(13)14)8-15-10-6-4-3-5-7-10/h3-9H,1-2H3,(H,13,14). The molecule has 15 heavy (non-hydrogen) atoms. The Morgan fingerprint density at radius 3 is 2.40 bits per heavy atom. The molecular weight excluding hydrogens is 192 g/mol. The number of hydrogen-bond acceptors (Lipinski definition) is 2. The van der Waals surface area contributed by atoms with Crippen molar-refractivity contribution < 1.29 is 14.6 Å². The molecule has 0 atom stereocenters. The Morgan fingerprint density at radius 1 is 1.33 bits per heavy atom. The van der Waals surface area contributed by atoms with Crippen molar-refractivity contribution in [2.24, 2.45) is 5.92 Å². The van der Waals surface area contributed by atoms with Crippen LogP contribution in [0.1, 0.15) is 13.8 Å². The summed E-state index contributed by atoms with van der Waals surface area (Å²) in [5.41, 5.74) is 0.263. The van der Waals surface area contributed by atoms with E-state index in [2.05, 4.69) is 0 Å². The molecule has 1 N–H and O–H groups in total. The smallest absolute Gasteiger partial charge is 0.334 e. The minimum atomic E-state index is -0.944. The lowest BCUT2D eigenvalue weighted by molar-refractivity contribution is -0.133. The van der Waals surface area contributed by atoms with Gasteiger partial charge in [-0.05, 0) is 18.1 Å². The number of carboxylic acids is 1. The molecule has 3 heteroatoms. The summed E-state index contributed by atoms with van der Waals surface area (Å²) in [6, 6.07) is 9.09. The van der Waals surface area contributed by atoms with Crippen molar-refractivity contribution in [3.8, 4) is 5.75 Å². The molecule has 0 saturated heterocycles. The van der Waals surface area contributed by atoms with E-state index in [1.165, 1.54) is 6.26 Å². The van der Waals surface area contributed by atoms with E-state index in [9.17, 15) is 4.79 Å². The number of ether oxygens (including phenoxy) is 1. The predicted octanol–water partition coefficient (Wildman–Crippen LogP) is 2.69. The number of aliphatic carboxylic acids is 1. The molecule has 0 aromatic heterocycles. The summed E-state index contributed by atoms with van der Waals surface area (Å²) in [4.78, 5) is 10.8. The van der Waals surface area contributed by atoms with E-state index >= 15 is 0 Å². The van der Waals surface area contributed by atoms with Gasteiger partial charge in [-0.2, -0.15) is 0 Å². The van der Waals surface area contributed by atoms with Gasteiger partial charge in [0.25, 0.3) is 0 Å². The van der Waals surface area contributed by atoms with E-state index in [1.807, 2.05) is 32.0 Å². The Morgan fingerprint density at radius 2 is 1.93 bits per heavy atom. The van der Waals surface area contributed by atoms with Gasteiger partial charge < -0.3 is 9.84 Å². The fourth-order valence-corrected chi connectivity index (χ4v) is 1.06. The largest absolute Gasteiger partial charge is 0.478 e. The van der Waals surface area contributed by atoms with Crippen molar-refractivity contribution >= 4 is 5.97 Å². The third kappa shape index (κ3) is 3.46. The first-order chi connectivity index (χ1) is 7.11. The van der Waals surface area contributed by atoms with Gasteiger partial charge in [-0.1, -0.05) is 32.0 Å². The summed E-state index contributed by atoms with van der Waals surface area (Å²) >= 11 is 0. The molecule has 0 amide bonds. The Labute approximate surface area is 89.0 Å². The Hall–Kier alpha value is -1.77. The molecule has 0 aliphatic carbocycles. The van der Waals surface area contributed by atoms with Gasteiger partial charge in [-0.25, -0.2) is 4.79 Å². The van der Waals surface area contributed by atoms with Crippen molar-refractivity contribution in [2.75, 3.05) is 0 Å². The minimum Gasteiger partial charge on any atom is -0.478 e. The normalized spacial score (nSPS) is 11.5. The summed E-state index contributed by atoms with van der Waals surface area (Å²) in [7, 11) is 0. The van der Waals surface area contributed by atoms with Gasteiger partial charge >= 0.3 is 5.97 Å². The molecule has 80 valence electrons. The average Bonchev–Trinajstić information content (AvgIpc) is 2.18. The van der Waals surface area contributed by atoms with Gasteiger partial charge in [0.1, 0.15) is 12.0 Å². The number of para-hydroxylation sites is 1. The van der Waals surface area contributed by atoms with Crippen LogP contribution in [-0.4, -0.2) is 11.1 Å². The Bertz CT molecular complexity index is 352. The Kier molecular flexibility index (Phi) is 3.92. The van der Waals surface area contributed by atoms with E-state index < -0.39 is 5.97 Å². The van der Waals surface area contributed by atoms with Crippen LogP contribution in [0.2, 0.25) is 0 Å². The monoisotopic (exact) mass is 206 g/mol. The lowest BCUT2D eigenvalue weighted by Gasteiger charge is -2.06. The van der Waals surface area contributed by atoms with Crippen LogP contribution in [-0.2, 0) is 4.79 Å². The van der Waals surface area contributed by atoms with Crippen molar-refractivity contribution in [1.82, 2.24) is 0 Å². The predicted molar refractivity (Wildman–Crippen MR) is 57.6 cm³/mol. The fourth-order valence-electron chi connectivity index (χ4n) is 1.06. The molecule has 0 bridgehead atoms. The average molecular weight is 206 g/mol. The molecule has 0 saturated carbocycles. The van der Waals surface area contributed by atoms with Crippen LogP contribution in [0.5, 0.6) is 5.75 Å². The number of benzene rings is 1. The zero-order valence-corrected chi connectivity index (χ0v) is 8.81. The number of rotatable bonds is 4. The molecule has 0 unspecified atom stereocenters. The molecule has 0 fully saturated rings. The molecular formula is C12H14O3. The van der Waals surface area contributed by atoms with Gasteiger partial charge in [-0.3, -0.25) is 0 Å². The summed E-state index contributed by atoms with van der Waals surface area (Å²) in [6.45, 7) is 3.63. The summed E-state index contributed by atoms with van der Waals surface area (Å²) in [5.74, 6) is -0.371. The first-order valence-electron chi connectivity index (χ1n) is 4.76. The second-order valence-electron chi connectivity index (χ2n) is 3.46.